The van der Waals surface area contributed by atoms with E-state index >= 15 is 0 Å². The minimum Gasteiger partial charge on any atom is -0.379 e. The average molecular weight is 417 g/mol. The second-order valence-corrected chi connectivity index (χ2v) is 8.27. The lowest BCUT2D eigenvalue weighted by Gasteiger charge is -2.35. The Kier molecular flexibility index (Phi) is 9.11. The number of nitrogens with one attached hydrogen (secondary N) is 2. The molecule has 166 valence electrons. The third-order valence-corrected chi connectivity index (χ3v) is 6.03. The highest BCUT2D eigenvalue weighted by molar-refractivity contribution is 5.88. The normalized spacial score (nSPS) is 20.7. The van der Waals surface area contributed by atoms with Crippen LogP contribution in [0.3, 0.4) is 0 Å². The number of amides is 2. The molecule has 30 heavy (non-hydrogen) atoms. The van der Waals surface area contributed by atoms with Crippen LogP contribution in [0, 0.1) is 6.92 Å². The zero-order chi connectivity index (χ0) is 21.2. The fraction of sp³-hybridized carbons (Fsp3) is 0.652. The Bertz CT molecular complexity index is 691. The maximum absolute atomic E-state index is 12.5. The van der Waals surface area contributed by atoms with Crippen molar-refractivity contribution < 1.29 is 14.3 Å². The molecule has 1 aromatic carbocycles. The SMILES string of the molecule is Cc1ccccc1CN1CCNC(=O)C1CC(=O)NCCCCCN1CCOCC1. The molecule has 7 nitrogen and oxygen atoms in total. The van der Waals surface area contributed by atoms with Gasteiger partial charge in [0.1, 0.15) is 0 Å². The van der Waals surface area contributed by atoms with Crippen molar-refractivity contribution in [2.24, 2.45) is 0 Å². The highest BCUT2D eigenvalue weighted by Crippen LogP contribution is 2.16. The summed E-state index contributed by atoms with van der Waals surface area (Å²) in [6.07, 6.45) is 3.43. The van der Waals surface area contributed by atoms with Gasteiger partial charge >= 0.3 is 0 Å². The van der Waals surface area contributed by atoms with Crippen molar-refractivity contribution in [1.29, 1.82) is 0 Å². The molecular weight excluding hydrogens is 380 g/mol. The van der Waals surface area contributed by atoms with Gasteiger partial charge in [-0.2, -0.15) is 0 Å². The van der Waals surface area contributed by atoms with E-state index in [1.54, 1.807) is 0 Å². The van der Waals surface area contributed by atoms with Crippen LogP contribution in [-0.2, 0) is 20.9 Å². The first-order chi connectivity index (χ1) is 14.6. The highest BCUT2D eigenvalue weighted by Gasteiger charge is 2.31. The largest absolute Gasteiger partial charge is 0.379 e. The third kappa shape index (κ3) is 7.07. The number of ether oxygens (including phenoxy) is 1. The van der Waals surface area contributed by atoms with Crippen LogP contribution >= 0.6 is 0 Å². The van der Waals surface area contributed by atoms with Gasteiger partial charge in [0.05, 0.1) is 25.7 Å². The highest BCUT2D eigenvalue weighted by atomic mass is 16.5. The molecule has 2 fully saturated rings. The van der Waals surface area contributed by atoms with E-state index in [9.17, 15) is 9.59 Å². The summed E-state index contributed by atoms with van der Waals surface area (Å²) in [6.45, 7) is 9.68. The van der Waals surface area contributed by atoms with Gasteiger partial charge in [0, 0.05) is 39.3 Å². The minimum absolute atomic E-state index is 0.0417. The molecule has 1 atom stereocenters. The lowest BCUT2D eigenvalue weighted by atomic mass is 10.0. The van der Waals surface area contributed by atoms with Crippen LogP contribution in [0.2, 0.25) is 0 Å². The molecule has 1 unspecified atom stereocenters. The zero-order valence-corrected chi connectivity index (χ0v) is 18.2. The predicted molar refractivity (Wildman–Crippen MR) is 117 cm³/mol. The van der Waals surface area contributed by atoms with Crippen molar-refractivity contribution in [2.75, 3.05) is 52.5 Å². The molecule has 2 heterocycles. The number of unbranched alkanes of at least 4 members (excludes halogenated alkanes) is 2. The second-order valence-electron chi connectivity index (χ2n) is 8.27. The number of rotatable bonds is 10. The van der Waals surface area contributed by atoms with Gasteiger partial charge in [-0.25, -0.2) is 0 Å². The summed E-state index contributed by atoms with van der Waals surface area (Å²) in [5.74, 6) is -0.0875. The molecule has 0 radical (unpaired) electrons. The van der Waals surface area contributed by atoms with Crippen molar-refractivity contribution in [3.8, 4) is 0 Å². The molecule has 2 N–H and O–H groups in total. The Hall–Kier alpha value is -1.96. The van der Waals surface area contributed by atoms with Crippen LogP contribution in [0.25, 0.3) is 0 Å². The number of benzene rings is 1. The number of carbonyl (C=O) groups is 2. The maximum Gasteiger partial charge on any atom is 0.237 e. The molecule has 0 aromatic heterocycles. The molecule has 2 amide bonds. The lowest BCUT2D eigenvalue weighted by Crippen LogP contribution is -2.56. The van der Waals surface area contributed by atoms with Gasteiger partial charge in [0.15, 0.2) is 0 Å². The van der Waals surface area contributed by atoms with E-state index < -0.39 is 6.04 Å². The summed E-state index contributed by atoms with van der Waals surface area (Å²) in [5, 5.41) is 5.91. The number of nitrogens with zero attached hydrogens (tertiary/aromatic N) is 2. The summed E-state index contributed by atoms with van der Waals surface area (Å²) in [7, 11) is 0. The first kappa shape index (κ1) is 22.7. The number of aryl methyl sites for hydroxylation is 1. The molecule has 2 saturated heterocycles. The monoisotopic (exact) mass is 416 g/mol. The van der Waals surface area contributed by atoms with Gasteiger partial charge in [0.25, 0.3) is 0 Å². The Morgan fingerprint density at radius 3 is 2.77 bits per heavy atom. The van der Waals surface area contributed by atoms with Crippen molar-refractivity contribution >= 4 is 11.8 Å². The number of hydrogen-bond acceptors (Lipinski definition) is 5. The summed E-state index contributed by atoms with van der Waals surface area (Å²) in [5.41, 5.74) is 2.42. The summed E-state index contributed by atoms with van der Waals surface area (Å²) in [6, 6.07) is 7.82. The van der Waals surface area contributed by atoms with Gasteiger partial charge in [-0.3, -0.25) is 19.4 Å². The summed E-state index contributed by atoms with van der Waals surface area (Å²) in [4.78, 5) is 29.5. The van der Waals surface area contributed by atoms with Crippen LogP contribution in [-0.4, -0.2) is 80.1 Å². The standard InChI is InChI=1S/C23H36N4O3/c1-19-7-3-4-8-20(19)18-27-12-10-25-23(29)21(27)17-22(28)24-9-5-2-6-11-26-13-15-30-16-14-26/h3-4,7-8,21H,2,5-6,9-18H2,1H3,(H,24,28)(H,25,29). The molecule has 1 aromatic rings. The quantitative estimate of drug-likeness (QED) is 0.563. The van der Waals surface area contributed by atoms with E-state index in [0.717, 1.165) is 58.7 Å². The van der Waals surface area contributed by atoms with E-state index in [2.05, 4.69) is 39.5 Å². The van der Waals surface area contributed by atoms with Crippen LogP contribution in [0.15, 0.2) is 24.3 Å². The smallest absolute Gasteiger partial charge is 0.237 e. The Balaban J connectivity index is 1.37. The number of hydrogen-bond donors (Lipinski definition) is 2. The van der Waals surface area contributed by atoms with Crippen molar-refractivity contribution in [1.82, 2.24) is 20.4 Å². The topological polar surface area (TPSA) is 73.9 Å². The fourth-order valence-electron chi connectivity index (χ4n) is 4.12. The molecule has 3 rings (SSSR count). The zero-order valence-electron chi connectivity index (χ0n) is 18.2. The van der Waals surface area contributed by atoms with Gasteiger partial charge in [0.2, 0.25) is 11.8 Å². The van der Waals surface area contributed by atoms with E-state index in [0.29, 0.717) is 19.6 Å². The minimum atomic E-state index is -0.403. The molecule has 7 heteroatoms. The van der Waals surface area contributed by atoms with Gasteiger partial charge in [-0.05, 0) is 37.4 Å². The van der Waals surface area contributed by atoms with Crippen molar-refractivity contribution in [2.45, 2.75) is 45.2 Å². The number of carbonyl (C=O) groups excluding carboxylic acids is 2. The van der Waals surface area contributed by atoms with Crippen molar-refractivity contribution in [3.63, 3.8) is 0 Å². The summed E-state index contributed by atoms with van der Waals surface area (Å²) >= 11 is 0. The predicted octanol–water partition coefficient (Wildman–Crippen LogP) is 1.30. The molecular formula is C23H36N4O3. The Morgan fingerprint density at radius 2 is 1.97 bits per heavy atom. The first-order valence-electron chi connectivity index (χ1n) is 11.3. The number of piperazine rings is 1. The van der Waals surface area contributed by atoms with Gasteiger partial charge in [-0.15, -0.1) is 0 Å². The van der Waals surface area contributed by atoms with E-state index in [4.69, 9.17) is 4.74 Å². The van der Waals surface area contributed by atoms with E-state index in [1.807, 2.05) is 12.1 Å². The number of morpholine rings is 1. The molecule has 0 spiro atoms. The third-order valence-electron chi connectivity index (χ3n) is 6.03. The molecule has 0 aliphatic carbocycles. The Labute approximate surface area is 180 Å². The molecule has 2 aliphatic heterocycles. The van der Waals surface area contributed by atoms with Gasteiger partial charge in [-0.1, -0.05) is 30.7 Å². The maximum atomic E-state index is 12.5. The average Bonchev–Trinajstić information content (AvgIpc) is 2.75. The molecule has 0 bridgehead atoms. The lowest BCUT2D eigenvalue weighted by molar-refractivity contribution is -0.134. The van der Waals surface area contributed by atoms with Crippen molar-refractivity contribution in [3.05, 3.63) is 35.4 Å². The first-order valence-corrected chi connectivity index (χ1v) is 11.3. The van der Waals surface area contributed by atoms with Crippen LogP contribution < -0.4 is 10.6 Å². The Morgan fingerprint density at radius 1 is 1.17 bits per heavy atom. The fourth-order valence-corrected chi connectivity index (χ4v) is 4.12. The van der Waals surface area contributed by atoms with E-state index in [-0.39, 0.29) is 18.2 Å². The second kappa shape index (κ2) is 12.0. The molecule has 2 aliphatic rings. The van der Waals surface area contributed by atoms with Crippen LogP contribution in [0.1, 0.15) is 36.8 Å². The van der Waals surface area contributed by atoms with Crippen LogP contribution in [0.5, 0.6) is 0 Å². The van der Waals surface area contributed by atoms with E-state index in [1.165, 1.54) is 11.1 Å². The summed E-state index contributed by atoms with van der Waals surface area (Å²) < 4.78 is 5.37. The van der Waals surface area contributed by atoms with Gasteiger partial charge < -0.3 is 15.4 Å². The van der Waals surface area contributed by atoms with Crippen LogP contribution in [0.4, 0.5) is 0 Å². The molecule has 0 saturated carbocycles.